The summed E-state index contributed by atoms with van der Waals surface area (Å²) in [7, 11) is 0. The zero-order chi connectivity index (χ0) is 18.4. The Morgan fingerprint density at radius 1 is 1.00 bits per heavy atom. The third-order valence-electron chi connectivity index (χ3n) is 4.52. The second kappa shape index (κ2) is 10.1. The van der Waals surface area contributed by atoms with Crippen LogP contribution in [0, 0.1) is 0 Å². The van der Waals surface area contributed by atoms with E-state index < -0.39 is 0 Å². The van der Waals surface area contributed by atoms with Crippen LogP contribution in [-0.4, -0.2) is 24.8 Å². The number of hydrogen-bond acceptors (Lipinski definition) is 4. The van der Waals surface area contributed by atoms with Gasteiger partial charge in [-0.05, 0) is 60.7 Å². The number of hydrogen-bond donors (Lipinski definition) is 2. The van der Waals surface area contributed by atoms with E-state index in [1.165, 1.54) is 11.1 Å². The number of carbonyl (C=O) groups is 2. The van der Waals surface area contributed by atoms with E-state index in [-0.39, 0.29) is 36.9 Å². The summed E-state index contributed by atoms with van der Waals surface area (Å²) in [4.78, 5) is 24.4. The summed E-state index contributed by atoms with van der Waals surface area (Å²) in [5, 5.41) is 2.80. The standard InChI is InChI=1S/C21H24N2O3.ClH/c22-12-13-26-19-8-6-18(7-9-19)23-21(25)11-10-20(24)17-5-4-15-2-1-3-16(15)14-17;/h4-9,14H,1-3,10-13,22H2,(H,23,25);1H. The van der Waals surface area contributed by atoms with E-state index in [0.29, 0.717) is 30.2 Å². The van der Waals surface area contributed by atoms with Crippen LogP contribution in [0.3, 0.4) is 0 Å². The molecule has 0 radical (unpaired) electrons. The van der Waals surface area contributed by atoms with Crippen molar-refractivity contribution in [3.05, 3.63) is 59.2 Å². The molecule has 6 heteroatoms. The molecule has 0 unspecified atom stereocenters. The van der Waals surface area contributed by atoms with Gasteiger partial charge >= 0.3 is 0 Å². The van der Waals surface area contributed by atoms with Crippen LogP contribution in [0.15, 0.2) is 42.5 Å². The second-order valence-corrected chi connectivity index (χ2v) is 6.47. The monoisotopic (exact) mass is 388 g/mol. The highest BCUT2D eigenvalue weighted by atomic mass is 35.5. The maximum atomic E-state index is 12.3. The summed E-state index contributed by atoms with van der Waals surface area (Å²) in [6, 6.07) is 13.0. The number of nitrogens with one attached hydrogen (secondary N) is 1. The van der Waals surface area contributed by atoms with E-state index in [0.717, 1.165) is 19.3 Å². The van der Waals surface area contributed by atoms with Crippen molar-refractivity contribution in [1.82, 2.24) is 0 Å². The molecule has 1 amide bonds. The predicted octanol–water partition coefficient (Wildman–Crippen LogP) is 3.54. The van der Waals surface area contributed by atoms with Gasteiger partial charge in [-0.2, -0.15) is 0 Å². The van der Waals surface area contributed by atoms with Crippen molar-refractivity contribution in [3.8, 4) is 5.75 Å². The molecule has 0 aliphatic heterocycles. The average molecular weight is 389 g/mol. The Morgan fingerprint density at radius 3 is 2.48 bits per heavy atom. The number of Topliss-reactive ketones (excluding diaryl/α,β-unsaturated/α-hetero) is 1. The highest BCUT2D eigenvalue weighted by Crippen LogP contribution is 2.23. The molecule has 5 nitrogen and oxygen atoms in total. The molecule has 1 aliphatic carbocycles. The number of anilines is 1. The van der Waals surface area contributed by atoms with E-state index in [9.17, 15) is 9.59 Å². The van der Waals surface area contributed by atoms with Crippen molar-refractivity contribution in [3.63, 3.8) is 0 Å². The lowest BCUT2D eigenvalue weighted by Crippen LogP contribution is -2.14. The van der Waals surface area contributed by atoms with E-state index in [1.54, 1.807) is 24.3 Å². The molecule has 27 heavy (non-hydrogen) atoms. The van der Waals surface area contributed by atoms with Gasteiger partial charge in [0.25, 0.3) is 0 Å². The Balaban J connectivity index is 0.00000261. The first-order chi connectivity index (χ1) is 12.7. The molecule has 0 aromatic heterocycles. The van der Waals surface area contributed by atoms with E-state index in [2.05, 4.69) is 5.32 Å². The number of halogens is 1. The third-order valence-corrected chi connectivity index (χ3v) is 4.52. The maximum Gasteiger partial charge on any atom is 0.224 e. The van der Waals surface area contributed by atoms with Gasteiger partial charge < -0.3 is 15.8 Å². The van der Waals surface area contributed by atoms with Gasteiger partial charge in [-0.25, -0.2) is 0 Å². The van der Waals surface area contributed by atoms with Crippen molar-refractivity contribution in [2.75, 3.05) is 18.5 Å². The second-order valence-electron chi connectivity index (χ2n) is 6.47. The van der Waals surface area contributed by atoms with Crippen molar-refractivity contribution >= 4 is 29.8 Å². The van der Waals surface area contributed by atoms with Crippen molar-refractivity contribution in [2.45, 2.75) is 32.1 Å². The van der Waals surface area contributed by atoms with Crippen LogP contribution in [0.5, 0.6) is 5.75 Å². The molecule has 0 fully saturated rings. The Hall–Kier alpha value is -2.37. The summed E-state index contributed by atoms with van der Waals surface area (Å²) < 4.78 is 5.39. The smallest absolute Gasteiger partial charge is 0.224 e. The number of amides is 1. The first-order valence-corrected chi connectivity index (χ1v) is 9.03. The Labute approximate surface area is 165 Å². The summed E-state index contributed by atoms with van der Waals surface area (Å²) in [6.07, 6.45) is 3.68. The van der Waals surface area contributed by atoms with Crippen LogP contribution >= 0.6 is 12.4 Å². The van der Waals surface area contributed by atoms with Gasteiger partial charge in [-0.15, -0.1) is 12.4 Å². The molecule has 1 aliphatic rings. The highest BCUT2D eigenvalue weighted by Gasteiger charge is 2.15. The summed E-state index contributed by atoms with van der Waals surface area (Å²) in [6.45, 7) is 0.910. The van der Waals surface area contributed by atoms with Gasteiger partial charge in [-0.1, -0.05) is 12.1 Å². The van der Waals surface area contributed by atoms with E-state index in [4.69, 9.17) is 10.5 Å². The van der Waals surface area contributed by atoms with Gasteiger partial charge in [0.15, 0.2) is 5.78 Å². The van der Waals surface area contributed by atoms with Crippen molar-refractivity contribution in [1.29, 1.82) is 0 Å². The molecule has 144 valence electrons. The molecule has 3 rings (SSSR count). The predicted molar refractivity (Wildman–Crippen MR) is 109 cm³/mol. The van der Waals surface area contributed by atoms with Crippen LogP contribution < -0.4 is 15.8 Å². The van der Waals surface area contributed by atoms with Gasteiger partial charge in [-0.3, -0.25) is 9.59 Å². The third kappa shape index (κ3) is 5.81. The number of nitrogens with two attached hydrogens (primary N) is 1. The molecule has 0 heterocycles. The average Bonchev–Trinajstić information content (AvgIpc) is 3.13. The lowest BCUT2D eigenvalue weighted by atomic mass is 10.0. The number of ketones is 1. The Kier molecular flexibility index (Phi) is 7.82. The number of benzene rings is 2. The summed E-state index contributed by atoms with van der Waals surface area (Å²) in [5.41, 5.74) is 9.40. The fourth-order valence-corrected chi connectivity index (χ4v) is 3.15. The number of aryl methyl sites for hydroxylation is 2. The van der Waals surface area contributed by atoms with Crippen molar-refractivity contribution in [2.24, 2.45) is 5.73 Å². The SMILES string of the molecule is Cl.NCCOc1ccc(NC(=O)CCC(=O)c2ccc3c(c2)CCC3)cc1. The minimum absolute atomic E-state index is 0. The topological polar surface area (TPSA) is 81.4 Å². The molecule has 0 saturated carbocycles. The molecule has 3 N–H and O–H groups in total. The van der Waals surface area contributed by atoms with Gasteiger partial charge in [0, 0.05) is 30.6 Å². The summed E-state index contributed by atoms with van der Waals surface area (Å²) >= 11 is 0. The van der Waals surface area contributed by atoms with Crippen LogP contribution in [0.2, 0.25) is 0 Å². The fourth-order valence-electron chi connectivity index (χ4n) is 3.15. The maximum absolute atomic E-state index is 12.3. The molecule has 0 saturated heterocycles. The van der Waals surface area contributed by atoms with Crippen molar-refractivity contribution < 1.29 is 14.3 Å². The molecular formula is C21H25ClN2O3. The number of fused-ring (bicyclic) bond motifs is 1. The molecule has 0 atom stereocenters. The highest BCUT2D eigenvalue weighted by molar-refractivity contribution is 6.00. The number of rotatable bonds is 8. The molecular weight excluding hydrogens is 364 g/mol. The molecule has 2 aromatic carbocycles. The number of ether oxygens (including phenoxy) is 1. The van der Waals surface area contributed by atoms with Crippen LogP contribution in [0.25, 0.3) is 0 Å². The van der Waals surface area contributed by atoms with E-state index in [1.807, 2.05) is 18.2 Å². The molecule has 2 aromatic rings. The van der Waals surface area contributed by atoms with Gasteiger partial charge in [0.05, 0.1) is 0 Å². The zero-order valence-electron chi connectivity index (χ0n) is 15.2. The molecule has 0 spiro atoms. The fraction of sp³-hybridized carbons (Fsp3) is 0.333. The first kappa shape index (κ1) is 20.9. The van der Waals surface area contributed by atoms with E-state index >= 15 is 0 Å². The zero-order valence-corrected chi connectivity index (χ0v) is 16.0. The minimum atomic E-state index is -0.171. The Bertz CT molecular complexity index is 791. The number of carbonyl (C=O) groups excluding carboxylic acids is 2. The Morgan fingerprint density at radius 2 is 1.74 bits per heavy atom. The van der Waals surface area contributed by atoms with Crippen LogP contribution in [0.1, 0.15) is 40.7 Å². The minimum Gasteiger partial charge on any atom is -0.492 e. The molecule has 0 bridgehead atoms. The lowest BCUT2D eigenvalue weighted by Gasteiger charge is -2.08. The largest absolute Gasteiger partial charge is 0.492 e. The normalized spacial score (nSPS) is 12.0. The van der Waals surface area contributed by atoms with Crippen LogP contribution in [-0.2, 0) is 17.6 Å². The quantitative estimate of drug-likeness (QED) is 0.678. The van der Waals surface area contributed by atoms with Gasteiger partial charge in [0.2, 0.25) is 5.91 Å². The summed E-state index contributed by atoms with van der Waals surface area (Å²) in [5.74, 6) is 0.552. The lowest BCUT2D eigenvalue weighted by molar-refractivity contribution is -0.116. The van der Waals surface area contributed by atoms with Crippen LogP contribution in [0.4, 0.5) is 5.69 Å². The van der Waals surface area contributed by atoms with Gasteiger partial charge in [0.1, 0.15) is 12.4 Å². The first-order valence-electron chi connectivity index (χ1n) is 9.03.